The summed E-state index contributed by atoms with van der Waals surface area (Å²) in [7, 11) is 0. The van der Waals surface area contributed by atoms with Crippen molar-refractivity contribution in [1.82, 2.24) is 0 Å². The first kappa shape index (κ1) is 13.6. The van der Waals surface area contributed by atoms with Gasteiger partial charge in [0.2, 0.25) is 0 Å². The third-order valence-electron chi connectivity index (χ3n) is 3.40. The second-order valence-electron chi connectivity index (χ2n) is 4.93. The number of alkyl halides is 1. The maximum absolute atomic E-state index is 14.6. The quantitative estimate of drug-likeness (QED) is 0.892. The molecule has 1 atom stereocenters. The van der Waals surface area contributed by atoms with E-state index in [1.807, 2.05) is 13.0 Å². The Balaban J connectivity index is 2.28. The third-order valence-corrected chi connectivity index (χ3v) is 3.61. The Morgan fingerprint density at radius 3 is 2.94 bits per heavy atom. The number of ether oxygens (including phenoxy) is 1. The Morgan fingerprint density at radius 2 is 2.28 bits per heavy atom. The average Bonchev–Trinajstić information content (AvgIpc) is 2.77. The van der Waals surface area contributed by atoms with Gasteiger partial charge >= 0.3 is 0 Å². The molecule has 2 rings (SSSR count). The van der Waals surface area contributed by atoms with Crippen LogP contribution in [0.4, 0.5) is 4.39 Å². The van der Waals surface area contributed by atoms with Crippen molar-refractivity contribution in [1.29, 1.82) is 0 Å². The molecule has 1 unspecified atom stereocenters. The summed E-state index contributed by atoms with van der Waals surface area (Å²) < 4.78 is 20.2. The number of halogens is 2. The molecule has 2 N–H and O–H groups in total. The summed E-state index contributed by atoms with van der Waals surface area (Å²) in [6.07, 6.45) is 2.36. The van der Waals surface area contributed by atoms with E-state index in [1.54, 1.807) is 6.07 Å². The molecule has 100 valence electrons. The van der Waals surface area contributed by atoms with Crippen molar-refractivity contribution in [3.8, 4) is 5.75 Å². The van der Waals surface area contributed by atoms with Crippen LogP contribution < -0.4 is 10.5 Å². The van der Waals surface area contributed by atoms with Crippen LogP contribution in [0.3, 0.4) is 0 Å². The minimum absolute atomic E-state index is 0.0299. The van der Waals surface area contributed by atoms with Crippen LogP contribution in [0, 0.1) is 0 Å². The zero-order chi connectivity index (χ0) is 13.2. The molecule has 2 nitrogen and oxygen atoms in total. The van der Waals surface area contributed by atoms with Gasteiger partial charge in [0.25, 0.3) is 0 Å². The number of fused-ring (bicyclic) bond motifs is 1. The van der Waals surface area contributed by atoms with Gasteiger partial charge in [-0.15, -0.1) is 0 Å². The molecule has 0 aliphatic carbocycles. The topological polar surface area (TPSA) is 35.2 Å². The predicted octanol–water partition coefficient (Wildman–Crippen LogP) is 3.28. The molecule has 0 spiro atoms. The van der Waals surface area contributed by atoms with E-state index in [0.717, 1.165) is 29.7 Å². The molecular formula is C14H19ClFNO. The summed E-state index contributed by atoms with van der Waals surface area (Å²) in [5, 5.41) is 0.644. The van der Waals surface area contributed by atoms with Gasteiger partial charge in [0.15, 0.2) is 0 Å². The minimum atomic E-state index is -1.36. The lowest BCUT2D eigenvalue weighted by atomic mass is 9.90. The Morgan fingerprint density at radius 1 is 1.50 bits per heavy atom. The molecule has 0 radical (unpaired) electrons. The highest BCUT2D eigenvalue weighted by Gasteiger charge is 2.30. The van der Waals surface area contributed by atoms with E-state index in [-0.39, 0.29) is 13.0 Å². The molecule has 1 aliphatic rings. The zero-order valence-corrected chi connectivity index (χ0v) is 11.4. The molecule has 1 heterocycles. The van der Waals surface area contributed by atoms with Crippen molar-refractivity contribution in [2.24, 2.45) is 5.73 Å². The lowest BCUT2D eigenvalue weighted by Gasteiger charge is -2.24. The first-order chi connectivity index (χ1) is 8.58. The van der Waals surface area contributed by atoms with Gasteiger partial charge in [-0.1, -0.05) is 24.9 Å². The maximum atomic E-state index is 14.6. The fraction of sp³-hybridized carbons (Fsp3) is 0.571. The van der Waals surface area contributed by atoms with E-state index in [9.17, 15) is 4.39 Å². The van der Waals surface area contributed by atoms with Crippen LogP contribution in [0.25, 0.3) is 0 Å². The van der Waals surface area contributed by atoms with E-state index in [2.05, 4.69) is 0 Å². The summed E-state index contributed by atoms with van der Waals surface area (Å²) >= 11 is 6.07. The minimum Gasteiger partial charge on any atom is -0.493 e. The molecular weight excluding hydrogens is 253 g/mol. The van der Waals surface area contributed by atoms with Crippen molar-refractivity contribution in [3.63, 3.8) is 0 Å². The van der Waals surface area contributed by atoms with E-state index in [0.29, 0.717) is 18.1 Å². The Bertz CT molecular complexity index is 438. The molecule has 0 saturated carbocycles. The van der Waals surface area contributed by atoms with Gasteiger partial charge in [-0.2, -0.15) is 0 Å². The predicted molar refractivity (Wildman–Crippen MR) is 72.2 cm³/mol. The molecule has 4 heteroatoms. The van der Waals surface area contributed by atoms with E-state index in [1.165, 1.54) is 0 Å². The summed E-state index contributed by atoms with van der Waals surface area (Å²) in [6, 6.07) is 3.70. The summed E-state index contributed by atoms with van der Waals surface area (Å²) in [5.74, 6) is 0.811. The SMILES string of the molecule is CCCC(F)(CN)Cc1cc(Cl)cc2c1OCC2. The number of benzene rings is 1. The van der Waals surface area contributed by atoms with Gasteiger partial charge < -0.3 is 10.5 Å². The van der Waals surface area contributed by atoms with Crippen molar-refractivity contribution in [2.45, 2.75) is 38.3 Å². The Hall–Kier alpha value is -0.800. The van der Waals surface area contributed by atoms with Crippen LogP contribution >= 0.6 is 11.6 Å². The second-order valence-corrected chi connectivity index (χ2v) is 5.37. The normalized spacial score (nSPS) is 17.1. The number of rotatable bonds is 5. The molecule has 0 amide bonds. The lowest BCUT2D eigenvalue weighted by molar-refractivity contribution is 0.157. The van der Waals surface area contributed by atoms with Gasteiger partial charge in [-0.05, 0) is 29.7 Å². The van der Waals surface area contributed by atoms with Crippen LogP contribution in [0.5, 0.6) is 5.75 Å². The highest BCUT2D eigenvalue weighted by atomic mass is 35.5. The maximum Gasteiger partial charge on any atom is 0.127 e. The standard InChI is InChI=1S/C14H19ClFNO/c1-2-4-14(16,9-17)8-11-7-12(15)6-10-3-5-18-13(10)11/h6-7H,2-5,8-9,17H2,1H3. The molecule has 0 aromatic heterocycles. The molecule has 0 bridgehead atoms. The monoisotopic (exact) mass is 271 g/mol. The highest BCUT2D eigenvalue weighted by molar-refractivity contribution is 6.30. The number of hydrogen-bond acceptors (Lipinski definition) is 2. The fourth-order valence-corrected chi connectivity index (χ4v) is 2.79. The van der Waals surface area contributed by atoms with E-state index in [4.69, 9.17) is 22.1 Å². The van der Waals surface area contributed by atoms with E-state index >= 15 is 0 Å². The molecule has 1 aliphatic heterocycles. The first-order valence-electron chi connectivity index (χ1n) is 6.41. The molecule has 1 aromatic carbocycles. The van der Waals surface area contributed by atoms with Crippen molar-refractivity contribution in [3.05, 3.63) is 28.3 Å². The van der Waals surface area contributed by atoms with Gasteiger partial charge in [-0.3, -0.25) is 0 Å². The molecule has 0 saturated heterocycles. The number of nitrogens with two attached hydrogens (primary N) is 1. The van der Waals surface area contributed by atoms with Gasteiger partial charge in [0, 0.05) is 24.4 Å². The Kier molecular flexibility index (Phi) is 4.13. The van der Waals surface area contributed by atoms with Gasteiger partial charge in [0.1, 0.15) is 11.4 Å². The first-order valence-corrected chi connectivity index (χ1v) is 6.79. The molecule has 0 fully saturated rings. The van der Waals surface area contributed by atoms with Crippen LogP contribution in [0.2, 0.25) is 5.02 Å². The molecule has 18 heavy (non-hydrogen) atoms. The zero-order valence-electron chi connectivity index (χ0n) is 10.6. The smallest absolute Gasteiger partial charge is 0.127 e. The van der Waals surface area contributed by atoms with E-state index < -0.39 is 5.67 Å². The van der Waals surface area contributed by atoms with Gasteiger partial charge in [-0.25, -0.2) is 4.39 Å². The van der Waals surface area contributed by atoms with Crippen LogP contribution in [-0.2, 0) is 12.8 Å². The van der Waals surface area contributed by atoms with Crippen molar-refractivity contribution >= 4 is 11.6 Å². The average molecular weight is 272 g/mol. The van der Waals surface area contributed by atoms with Gasteiger partial charge in [0.05, 0.1) is 6.61 Å². The summed E-state index contributed by atoms with van der Waals surface area (Å²) in [4.78, 5) is 0. The largest absolute Gasteiger partial charge is 0.493 e. The summed E-state index contributed by atoms with van der Waals surface area (Å²) in [6.45, 7) is 2.64. The fourth-order valence-electron chi connectivity index (χ4n) is 2.53. The second kappa shape index (κ2) is 5.45. The molecule has 1 aromatic rings. The lowest BCUT2D eigenvalue weighted by Crippen LogP contribution is -2.35. The van der Waals surface area contributed by atoms with Crippen molar-refractivity contribution < 1.29 is 9.13 Å². The number of hydrogen-bond donors (Lipinski definition) is 1. The van der Waals surface area contributed by atoms with Crippen LogP contribution in [0.1, 0.15) is 30.9 Å². The Labute approximate surface area is 112 Å². The summed E-state index contributed by atoms with van der Waals surface area (Å²) in [5.41, 5.74) is 6.13. The highest BCUT2D eigenvalue weighted by Crippen LogP contribution is 2.36. The van der Waals surface area contributed by atoms with Crippen molar-refractivity contribution in [2.75, 3.05) is 13.2 Å². The van der Waals surface area contributed by atoms with Crippen LogP contribution in [0.15, 0.2) is 12.1 Å². The van der Waals surface area contributed by atoms with Crippen LogP contribution in [-0.4, -0.2) is 18.8 Å². The third kappa shape index (κ3) is 2.78.